The zero-order valence-electron chi connectivity index (χ0n) is 7.46. The highest BCUT2D eigenvalue weighted by molar-refractivity contribution is 7.90. The number of nitriles is 1. The zero-order valence-corrected chi connectivity index (χ0v) is 9.03. The maximum atomic E-state index is 11.3. The van der Waals surface area contributed by atoms with Crippen molar-refractivity contribution in [3.8, 4) is 6.07 Å². The first-order valence-corrected chi connectivity index (χ1v) is 6.10. The van der Waals surface area contributed by atoms with Crippen LogP contribution in [0.2, 0.25) is 0 Å². The largest absolute Gasteiger partial charge is 0.227 e. The number of nitrogens with zero attached hydrogens (tertiary/aromatic N) is 1. The van der Waals surface area contributed by atoms with E-state index in [4.69, 9.17) is 16.9 Å². The van der Waals surface area contributed by atoms with Crippen LogP contribution in [0.4, 0.5) is 0 Å². The molecule has 4 nitrogen and oxygen atoms in total. The summed E-state index contributed by atoms with van der Waals surface area (Å²) in [6.45, 7) is 1.96. The quantitative estimate of drug-likeness (QED) is 0.537. The van der Waals surface area contributed by atoms with Gasteiger partial charge in [0, 0.05) is 12.4 Å². The summed E-state index contributed by atoms with van der Waals surface area (Å²) in [6, 6.07) is 1.74. The lowest BCUT2D eigenvalue weighted by molar-refractivity contribution is 0.572. The fraction of sp³-hybridized carbons (Fsp3) is 0.857. The van der Waals surface area contributed by atoms with Crippen LogP contribution in [0.15, 0.2) is 0 Å². The molecule has 0 spiro atoms. The molecule has 0 aromatic carbocycles. The van der Waals surface area contributed by atoms with Gasteiger partial charge in [-0.15, -0.1) is 11.6 Å². The van der Waals surface area contributed by atoms with Crippen molar-refractivity contribution >= 4 is 21.6 Å². The third-order valence-corrected chi connectivity index (χ3v) is 3.56. The molecule has 0 aromatic heterocycles. The van der Waals surface area contributed by atoms with Crippen molar-refractivity contribution in [2.45, 2.75) is 25.0 Å². The first-order valence-electron chi connectivity index (χ1n) is 4.02. The van der Waals surface area contributed by atoms with Gasteiger partial charge in [-0.25, -0.2) is 13.1 Å². The summed E-state index contributed by atoms with van der Waals surface area (Å²) in [5.74, 6) is 0.409. The molecule has 0 fully saturated rings. The van der Waals surface area contributed by atoms with Gasteiger partial charge in [0.15, 0.2) is 5.25 Å². The molecule has 0 rings (SSSR count). The van der Waals surface area contributed by atoms with Crippen LogP contribution in [0.3, 0.4) is 0 Å². The van der Waals surface area contributed by atoms with Gasteiger partial charge in [-0.05, 0) is 12.8 Å². The minimum Gasteiger partial charge on any atom is -0.214 e. The second kappa shape index (κ2) is 6.19. The van der Waals surface area contributed by atoms with Gasteiger partial charge in [-0.2, -0.15) is 5.26 Å². The molecule has 76 valence electrons. The number of hydrogen-bond acceptors (Lipinski definition) is 3. The molecular formula is C7H13ClN2O2S. The van der Waals surface area contributed by atoms with Crippen molar-refractivity contribution in [2.75, 3.05) is 12.4 Å². The Bertz CT molecular complexity index is 271. The third-order valence-electron chi connectivity index (χ3n) is 1.50. The van der Waals surface area contributed by atoms with Gasteiger partial charge in [0.2, 0.25) is 10.0 Å². The summed E-state index contributed by atoms with van der Waals surface area (Å²) in [6.07, 6.45) is 0.870. The van der Waals surface area contributed by atoms with E-state index < -0.39 is 15.3 Å². The number of rotatable bonds is 6. The highest BCUT2D eigenvalue weighted by Crippen LogP contribution is 2.02. The standard InChI is InChI=1S/C7H13ClN2O2S/c1-2-7(6-9)13(11,12)10-5-3-4-8/h7,10H,2-5H2,1H3. The number of nitrogens with one attached hydrogen (secondary N) is 1. The van der Waals surface area contributed by atoms with Gasteiger partial charge in [-0.1, -0.05) is 6.92 Å². The van der Waals surface area contributed by atoms with Crippen molar-refractivity contribution in [3.05, 3.63) is 0 Å². The SMILES string of the molecule is CCC(C#N)S(=O)(=O)NCCCCl. The lowest BCUT2D eigenvalue weighted by atomic mass is 10.4. The zero-order chi connectivity index (χ0) is 10.3. The fourth-order valence-electron chi connectivity index (χ4n) is 0.762. The molecular weight excluding hydrogens is 212 g/mol. The molecule has 0 bridgehead atoms. The highest BCUT2D eigenvalue weighted by atomic mass is 35.5. The van der Waals surface area contributed by atoms with Crippen molar-refractivity contribution < 1.29 is 8.42 Å². The Hall–Kier alpha value is -0.310. The van der Waals surface area contributed by atoms with Crippen LogP contribution < -0.4 is 4.72 Å². The molecule has 1 atom stereocenters. The van der Waals surface area contributed by atoms with Gasteiger partial charge in [-0.3, -0.25) is 0 Å². The molecule has 0 aromatic rings. The monoisotopic (exact) mass is 224 g/mol. The van der Waals surface area contributed by atoms with E-state index in [2.05, 4.69) is 4.72 Å². The Morgan fingerprint density at radius 2 is 2.23 bits per heavy atom. The molecule has 0 radical (unpaired) electrons. The molecule has 0 saturated carbocycles. The van der Waals surface area contributed by atoms with Gasteiger partial charge in [0.05, 0.1) is 6.07 Å². The van der Waals surface area contributed by atoms with Crippen molar-refractivity contribution in [2.24, 2.45) is 0 Å². The molecule has 0 aliphatic carbocycles. The van der Waals surface area contributed by atoms with Gasteiger partial charge >= 0.3 is 0 Å². The smallest absolute Gasteiger partial charge is 0.214 e. The number of halogens is 1. The number of sulfonamides is 1. The van der Waals surface area contributed by atoms with Crippen molar-refractivity contribution in [1.29, 1.82) is 5.26 Å². The topological polar surface area (TPSA) is 70.0 Å². The first-order chi connectivity index (χ1) is 6.08. The Balaban J connectivity index is 4.16. The van der Waals surface area contributed by atoms with Gasteiger partial charge in [0.1, 0.15) is 0 Å². The van der Waals surface area contributed by atoms with E-state index in [0.717, 1.165) is 0 Å². The lowest BCUT2D eigenvalue weighted by Crippen LogP contribution is -2.33. The molecule has 0 aliphatic rings. The third kappa shape index (κ3) is 4.46. The van der Waals surface area contributed by atoms with Gasteiger partial charge in [0.25, 0.3) is 0 Å². The molecule has 0 aliphatic heterocycles. The summed E-state index contributed by atoms with van der Waals surface area (Å²) in [5.41, 5.74) is 0. The van der Waals surface area contributed by atoms with Crippen LogP contribution in [0, 0.1) is 11.3 Å². The summed E-state index contributed by atoms with van der Waals surface area (Å²) < 4.78 is 24.9. The Labute approximate surface area is 83.9 Å². The van der Waals surface area contributed by atoms with Crippen LogP contribution in [0.1, 0.15) is 19.8 Å². The molecule has 13 heavy (non-hydrogen) atoms. The first kappa shape index (κ1) is 12.7. The lowest BCUT2D eigenvalue weighted by Gasteiger charge is -2.08. The van der Waals surface area contributed by atoms with Crippen LogP contribution in [-0.4, -0.2) is 26.1 Å². The van der Waals surface area contributed by atoms with Crippen molar-refractivity contribution in [1.82, 2.24) is 4.72 Å². The van der Waals surface area contributed by atoms with Gasteiger partial charge < -0.3 is 0 Å². The average molecular weight is 225 g/mol. The molecule has 0 heterocycles. The van der Waals surface area contributed by atoms with Crippen LogP contribution in [0.25, 0.3) is 0 Å². The number of alkyl halides is 1. The molecule has 1 unspecified atom stereocenters. The second-order valence-corrected chi connectivity index (χ2v) is 4.83. The predicted octanol–water partition coefficient (Wildman–Crippen LogP) is 0.837. The molecule has 1 N–H and O–H groups in total. The Kier molecular flexibility index (Phi) is 6.04. The number of hydrogen-bond donors (Lipinski definition) is 1. The molecule has 0 amide bonds. The predicted molar refractivity (Wildman–Crippen MR) is 52.0 cm³/mol. The summed E-state index contributed by atoms with van der Waals surface area (Å²) in [5, 5.41) is 7.57. The second-order valence-electron chi connectivity index (χ2n) is 2.51. The van der Waals surface area contributed by atoms with E-state index in [1.165, 1.54) is 0 Å². The highest BCUT2D eigenvalue weighted by Gasteiger charge is 2.21. The Morgan fingerprint density at radius 3 is 2.62 bits per heavy atom. The maximum absolute atomic E-state index is 11.3. The maximum Gasteiger partial charge on any atom is 0.227 e. The summed E-state index contributed by atoms with van der Waals surface area (Å²) >= 11 is 5.38. The fourth-order valence-corrected chi connectivity index (χ4v) is 2.10. The summed E-state index contributed by atoms with van der Waals surface area (Å²) in [4.78, 5) is 0. The van der Waals surface area contributed by atoms with E-state index in [0.29, 0.717) is 25.3 Å². The van der Waals surface area contributed by atoms with E-state index in [1.807, 2.05) is 0 Å². The minimum atomic E-state index is -3.46. The van der Waals surface area contributed by atoms with Crippen LogP contribution >= 0.6 is 11.6 Å². The molecule has 0 saturated heterocycles. The van der Waals surface area contributed by atoms with Crippen molar-refractivity contribution in [3.63, 3.8) is 0 Å². The van der Waals surface area contributed by atoms with E-state index >= 15 is 0 Å². The normalized spacial score (nSPS) is 13.6. The van der Waals surface area contributed by atoms with Crippen LogP contribution in [0.5, 0.6) is 0 Å². The van der Waals surface area contributed by atoms with Crippen LogP contribution in [-0.2, 0) is 10.0 Å². The van der Waals surface area contributed by atoms with E-state index in [1.54, 1.807) is 13.0 Å². The van der Waals surface area contributed by atoms with E-state index in [9.17, 15) is 8.42 Å². The Morgan fingerprint density at radius 1 is 1.62 bits per heavy atom. The summed E-state index contributed by atoms with van der Waals surface area (Å²) in [7, 11) is -3.46. The molecule has 6 heteroatoms. The van der Waals surface area contributed by atoms with E-state index in [-0.39, 0.29) is 0 Å². The minimum absolute atomic E-state index is 0.296. The average Bonchev–Trinajstić information content (AvgIpc) is 2.06.